The molecule has 0 radical (unpaired) electrons. The predicted octanol–water partition coefficient (Wildman–Crippen LogP) is 4.95. The van der Waals surface area contributed by atoms with Gasteiger partial charge < -0.3 is 10.5 Å². The van der Waals surface area contributed by atoms with E-state index in [4.69, 9.17) is 33.7 Å². The van der Waals surface area contributed by atoms with Gasteiger partial charge in [-0.15, -0.1) is 0 Å². The lowest BCUT2D eigenvalue weighted by molar-refractivity contribution is 0.415. The molecule has 2 aromatic carbocycles. The number of benzene rings is 2. The molecule has 0 heterocycles. The maximum Gasteiger partial charge on any atom is 0.138 e. The molecular formula is C14H11BrCl2FNO. The number of methoxy groups -OCH3 is 1. The van der Waals surface area contributed by atoms with Gasteiger partial charge in [0.15, 0.2) is 0 Å². The monoisotopic (exact) mass is 377 g/mol. The summed E-state index contributed by atoms with van der Waals surface area (Å²) in [5, 5.41) is 0.821. The molecule has 1 unspecified atom stereocenters. The van der Waals surface area contributed by atoms with Crippen molar-refractivity contribution in [1.82, 2.24) is 0 Å². The van der Waals surface area contributed by atoms with E-state index >= 15 is 0 Å². The zero-order valence-electron chi connectivity index (χ0n) is 10.5. The standard InChI is InChI=1S/C14H11BrCl2FNO/c1-20-13-6-10(16)8(5-11(13)17)14(19)7-2-3-9(15)12(18)4-7/h2-6,14H,19H2,1H3. The van der Waals surface area contributed by atoms with Gasteiger partial charge >= 0.3 is 0 Å². The molecule has 0 spiro atoms. The molecule has 6 heteroatoms. The highest BCUT2D eigenvalue weighted by Crippen LogP contribution is 2.35. The largest absolute Gasteiger partial charge is 0.495 e. The van der Waals surface area contributed by atoms with Crippen LogP contribution in [-0.2, 0) is 0 Å². The highest BCUT2D eigenvalue weighted by Gasteiger charge is 2.17. The first-order valence-electron chi connectivity index (χ1n) is 5.67. The smallest absolute Gasteiger partial charge is 0.138 e. The maximum absolute atomic E-state index is 13.6. The Morgan fingerprint density at radius 1 is 1.20 bits per heavy atom. The van der Waals surface area contributed by atoms with E-state index in [9.17, 15) is 4.39 Å². The molecule has 0 aromatic heterocycles. The number of halogens is 4. The molecular weight excluding hydrogens is 368 g/mol. The fraction of sp³-hybridized carbons (Fsp3) is 0.143. The molecule has 20 heavy (non-hydrogen) atoms. The third-order valence-corrected chi connectivity index (χ3v) is 4.17. The van der Waals surface area contributed by atoms with E-state index in [-0.39, 0.29) is 5.82 Å². The second kappa shape index (κ2) is 6.31. The van der Waals surface area contributed by atoms with Gasteiger partial charge in [-0.2, -0.15) is 0 Å². The zero-order chi connectivity index (χ0) is 14.9. The lowest BCUT2D eigenvalue weighted by Crippen LogP contribution is -2.13. The molecule has 0 fully saturated rings. The molecule has 0 aliphatic heterocycles. The summed E-state index contributed by atoms with van der Waals surface area (Å²) < 4.78 is 19.0. The Bertz CT molecular complexity index is 651. The highest BCUT2D eigenvalue weighted by molar-refractivity contribution is 9.10. The third-order valence-electron chi connectivity index (χ3n) is 2.91. The quantitative estimate of drug-likeness (QED) is 0.819. The Balaban J connectivity index is 2.45. The van der Waals surface area contributed by atoms with E-state index in [1.165, 1.54) is 13.2 Å². The molecule has 0 aliphatic rings. The van der Waals surface area contributed by atoms with Crippen LogP contribution in [0, 0.1) is 5.82 Å². The number of ether oxygens (including phenoxy) is 1. The van der Waals surface area contributed by atoms with Crippen molar-refractivity contribution in [2.75, 3.05) is 7.11 Å². The van der Waals surface area contributed by atoms with Crippen LogP contribution in [0.2, 0.25) is 10.0 Å². The molecule has 0 aliphatic carbocycles. The summed E-state index contributed by atoms with van der Waals surface area (Å²) in [5.74, 6) is 0.0864. The van der Waals surface area contributed by atoms with Crippen molar-refractivity contribution in [3.8, 4) is 5.75 Å². The summed E-state index contributed by atoms with van der Waals surface area (Å²) in [7, 11) is 1.50. The van der Waals surface area contributed by atoms with Gasteiger partial charge in [0.1, 0.15) is 11.6 Å². The molecule has 2 aromatic rings. The number of hydrogen-bond acceptors (Lipinski definition) is 2. The van der Waals surface area contributed by atoms with E-state index in [0.29, 0.717) is 31.4 Å². The molecule has 2 nitrogen and oxygen atoms in total. The number of rotatable bonds is 3. The predicted molar refractivity (Wildman–Crippen MR) is 83.1 cm³/mol. The lowest BCUT2D eigenvalue weighted by atomic mass is 9.99. The van der Waals surface area contributed by atoms with Crippen LogP contribution in [0.3, 0.4) is 0 Å². The van der Waals surface area contributed by atoms with Gasteiger partial charge in [0.25, 0.3) is 0 Å². The van der Waals surface area contributed by atoms with Crippen molar-refractivity contribution in [2.45, 2.75) is 6.04 Å². The van der Waals surface area contributed by atoms with Crippen molar-refractivity contribution >= 4 is 39.1 Å². The summed E-state index contributed by atoms with van der Waals surface area (Å²) in [6.45, 7) is 0. The van der Waals surface area contributed by atoms with E-state index in [1.54, 1.807) is 24.3 Å². The van der Waals surface area contributed by atoms with Gasteiger partial charge in [0, 0.05) is 11.1 Å². The van der Waals surface area contributed by atoms with E-state index < -0.39 is 6.04 Å². The first-order valence-corrected chi connectivity index (χ1v) is 7.22. The summed E-state index contributed by atoms with van der Waals surface area (Å²) in [5.41, 5.74) is 7.35. The molecule has 2 rings (SSSR count). The van der Waals surface area contributed by atoms with Crippen molar-refractivity contribution < 1.29 is 9.13 Å². The minimum atomic E-state index is -0.575. The molecule has 0 amide bonds. The Kier molecular flexibility index (Phi) is 4.91. The third kappa shape index (κ3) is 3.09. The van der Waals surface area contributed by atoms with E-state index in [1.807, 2.05) is 0 Å². The molecule has 0 bridgehead atoms. The first-order chi connectivity index (χ1) is 9.43. The van der Waals surface area contributed by atoms with Crippen molar-refractivity contribution in [2.24, 2.45) is 5.73 Å². The number of hydrogen-bond donors (Lipinski definition) is 1. The Labute approximate surface area is 134 Å². The molecule has 0 saturated heterocycles. The van der Waals surface area contributed by atoms with Gasteiger partial charge in [0.05, 0.1) is 22.6 Å². The van der Waals surface area contributed by atoms with Gasteiger partial charge in [-0.25, -0.2) is 4.39 Å². The van der Waals surface area contributed by atoms with E-state index in [0.717, 1.165) is 0 Å². The van der Waals surface area contributed by atoms with Crippen LogP contribution in [0.5, 0.6) is 5.75 Å². The summed E-state index contributed by atoms with van der Waals surface area (Å²) in [6.07, 6.45) is 0. The van der Waals surface area contributed by atoms with Crippen LogP contribution >= 0.6 is 39.1 Å². The van der Waals surface area contributed by atoms with Crippen LogP contribution in [0.15, 0.2) is 34.8 Å². The Hall–Kier alpha value is -0.810. The molecule has 1 atom stereocenters. The average molecular weight is 379 g/mol. The normalized spacial score (nSPS) is 12.3. The number of nitrogens with two attached hydrogens (primary N) is 1. The second-order valence-corrected chi connectivity index (χ2v) is 5.83. The Morgan fingerprint density at radius 2 is 1.90 bits per heavy atom. The summed E-state index contributed by atoms with van der Waals surface area (Å²) in [4.78, 5) is 0. The fourth-order valence-corrected chi connectivity index (χ4v) is 2.59. The summed E-state index contributed by atoms with van der Waals surface area (Å²) >= 11 is 15.3. The van der Waals surface area contributed by atoms with Gasteiger partial charge in [0.2, 0.25) is 0 Å². The summed E-state index contributed by atoms with van der Waals surface area (Å²) in [6, 6.07) is 7.34. The van der Waals surface area contributed by atoms with Crippen molar-refractivity contribution in [3.63, 3.8) is 0 Å². The topological polar surface area (TPSA) is 35.2 Å². The highest BCUT2D eigenvalue weighted by atomic mass is 79.9. The first kappa shape index (κ1) is 15.6. The minimum Gasteiger partial charge on any atom is -0.495 e. The fourth-order valence-electron chi connectivity index (χ4n) is 1.82. The lowest BCUT2D eigenvalue weighted by Gasteiger charge is -2.16. The molecule has 106 valence electrons. The second-order valence-electron chi connectivity index (χ2n) is 4.16. The van der Waals surface area contributed by atoms with Gasteiger partial charge in [-0.3, -0.25) is 0 Å². The van der Waals surface area contributed by atoms with Gasteiger partial charge in [-0.1, -0.05) is 29.3 Å². The van der Waals surface area contributed by atoms with Crippen LogP contribution in [0.25, 0.3) is 0 Å². The SMILES string of the molecule is COc1cc(Cl)c(C(N)c2ccc(Br)c(F)c2)cc1Cl. The van der Waals surface area contributed by atoms with Crippen LogP contribution in [-0.4, -0.2) is 7.11 Å². The van der Waals surface area contributed by atoms with Crippen LogP contribution < -0.4 is 10.5 Å². The molecule has 0 saturated carbocycles. The van der Waals surface area contributed by atoms with Crippen molar-refractivity contribution in [3.05, 3.63) is 61.8 Å². The Morgan fingerprint density at radius 3 is 2.50 bits per heavy atom. The average Bonchev–Trinajstić information content (AvgIpc) is 2.43. The van der Waals surface area contributed by atoms with Crippen molar-refractivity contribution in [1.29, 1.82) is 0 Å². The minimum absolute atomic E-state index is 0.381. The maximum atomic E-state index is 13.6. The van der Waals surface area contributed by atoms with Gasteiger partial charge in [-0.05, 0) is 45.3 Å². The van der Waals surface area contributed by atoms with E-state index in [2.05, 4.69) is 15.9 Å². The van der Waals surface area contributed by atoms with Crippen LogP contribution in [0.4, 0.5) is 4.39 Å². The molecule has 2 N–H and O–H groups in total. The van der Waals surface area contributed by atoms with Crippen LogP contribution in [0.1, 0.15) is 17.2 Å². The zero-order valence-corrected chi connectivity index (χ0v) is 13.6.